The van der Waals surface area contributed by atoms with E-state index in [1.807, 2.05) is 6.08 Å². The van der Waals surface area contributed by atoms with E-state index in [2.05, 4.69) is 61.3 Å². The molecule has 0 heterocycles. The van der Waals surface area contributed by atoms with E-state index in [4.69, 9.17) is 0 Å². The van der Waals surface area contributed by atoms with Gasteiger partial charge in [0.1, 0.15) is 0 Å². The van der Waals surface area contributed by atoms with Gasteiger partial charge in [0.2, 0.25) is 0 Å². The number of hydrogen-bond acceptors (Lipinski definition) is 1. The van der Waals surface area contributed by atoms with Crippen LogP contribution in [0.3, 0.4) is 0 Å². The lowest BCUT2D eigenvalue weighted by molar-refractivity contribution is 0.538. The molecule has 18 heavy (non-hydrogen) atoms. The van der Waals surface area contributed by atoms with E-state index in [-0.39, 0.29) is 0 Å². The summed E-state index contributed by atoms with van der Waals surface area (Å²) < 4.78 is 0. The monoisotopic (exact) mass is 239 g/mol. The molecule has 0 radical (unpaired) electrons. The number of benzene rings is 2. The molecule has 0 aromatic heterocycles. The molecule has 0 aliphatic heterocycles. The smallest absolute Gasteiger partial charge is 0.0355 e. The molecule has 0 fully saturated rings. The van der Waals surface area contributed by atoms with Crippen molar-refractivity contribution in [3.63, 3.8) is 0 Å². The van der Waals surface area contributed by atoms with Gasteiger partial charge in [0, 0.05) is 6.04 Å². The molecule has 1 heteroatoms. The number of nitrogens with one attached hydrogen (secondary N) is 1. The Morgan fingerprint density at radius 1 is 1.17 bits per heavy atom. The van der Waals surface area contributed by atoms with Gasteiger partial charge in [-0.15, -0.1) is 6.58 Å². The van der Waals surface area contributed by atoms with Gasteiger partial charge in [-0.3, -0.25) is 0 Å². The molecule has 0 saturated carbocycles. The van der Waals surface area contributed by atoms with Crippen LogP contribution < -0.4 is 5.32 Å². The molecule has 1 unspecified atom stereocenters. The highest BCUT2D eigenvalue weighted by atomic mass is 14.9. The highest BCUT2D eigenvalue weighted by molar-refractivity contribution is 5.83. The van der Waals surface area contributed by atoms with Crippen LogP contribution in [0.5, 0.6) is 0 Å². The van der Waals surface area contributed by atoms with Crippen molar-refractivity contribution < 1.29 is 0 Å². The van der Waals surface area contributed by atoms with E-state index < -0.39 is 0 Å². The maximum absolute atomic E-state index is 3.86. The fraction of sp³-hybridized carbons (Fsp3) is 0.294. The van der Waals surface area contributed by atoms with Crippen LogP contribution in [0.1, 0.15) is 31.4 Å². The Hall–Kier alpha value is -1.60. The lowest BCUT2D eigenvalue weighted by Crippen LogP contribution is -2.21. The Labute approximate surface area is 110 Å². The van der Waals surface area contributed by atoms with Gasteiger partial charge in [-0.2, -0.15) is 0 Å². The van der Waals surface area contributed by atoms with Crippen LogP contribution in [0.2, 0.25) is 0 Å². The zero-order valence-corrected chi connectivity index (χ0v) is 11.0. The summed E-state index contributed by atoms with van der Waals surface area (Å²) in [4.78, 5) is 0. The van der Waals surface area contributed by atoms with Gasteiger partial charge in [0.05, 0.1) is 0 Å². The third kappa shape index (κ3) is 2.99. The third-order valence-corrected chi connectivity index (χ3v) is 3.22. The average Bonchev–Trinajstić information content (AvgIpc) is 2.43. The van der Waals surface area contributed by atoms with Gasteiger partial charge in [0.25, 0.3) is 0 Å². The second kappa shape index (κ2) is 6.36. The first-order chi connectivity index (χ1) is 8.85. The Kier molecular flexibility index (Phi) is 4.54. The topological polar surface area (TPSA) is 12.0 Å². The Morgan fingerprint density at radius 3 is 2.67 bits per heavy atom. The molecule has 2 aromatic carbocycles. The van der Waals surface area contributed by atoms with Crippen LogP contribution in [-0.2, 0) is 0 Å². The predicted molar refractivity (Wildman–Crippen MR) is 79.8 cm³/mol. The Balaban J connectivity index is 2.28. The quantitative estimate of drug-likeness (QED) is 0.734. The van der Waals surface area contributed by atoms with Crippen molar-refractivity contribution in [3.05, 3.63) is 60.7 Å². The summed E-state index contributed by atoms with van der Waals surface area (Å²) in [6.45, 7) is 7.10. The molecule has 0 spiro atoms. The van der Waals surface area contributed by atoms with Crippen LogP contribution in [-0.4, -0.2) is 6.54 Å². The molecule has 0 saturated heterocycles. The van der Waals surface area contributed by atoms with Crippen molar-refractivity contribution in [2.24, 2.45) is 0 Å². The number of rotatable bonds is 6. The number of hydrogen-bond donors (Lipinski definition) is 1. The maximum atomic E-state index is 3.86. The highest BCUT2D eigenvalue weighted by Gasteiger charge is 2.08. The van der Waals surface area contributed by atoms with E-state index >= 15 is 0 Å². The van der Waals surface area contributed by atoms with Gasteiger partial charge in [0.15, 0.2) is 0 Å². The summed E-state index contributed by atoms with van der Waals surface area (Å²) in [6.07, 6.45) is 4.11. The summed E-state index contributed by atoms with van der Waals surface area (Å²) in [5.41, 5.74) is 1.35. The van der Waals surface area contributed by atoms with Crippen LogP contribution >= 0.6 is 0 Å². The molecule has 1 atom stereocenters. The minimum absolute atomic E-state index is 0.382. The summed E-state index contributed by atoms with van der Waals surface area (Å²) in [7, 11) is 0. The van der Waals surface area contributed by atoms with Gasteiger partial charge in [-0.1, -0.05) is 49.4 Å². The fourth-order valence-electron chi connectivity index (χ4n) is 2.25. The van der Waals surface area contributed by atoms with Crippen LogP contribution in [0.15, 0.2) is 55.1 Å². The zero-order chi connectivity index (χ0) is 12.8. The minimum Gasteiger partial charge on any atom is -0.310 e. The summed E-state index contributed by atoms with van der Waals surface area (Å²) in [5, 5.41) is 6.19. The van der Waals surface area contributed by atoms with Gasteiger partial charge in [-0.25, -0.2) is 0 Å². The predicted octanol–water partition coefficient (Wildman–Crippen LogP) is 4.46. The molecule has 1 nitrogen and oxygen atoms in total. The maximum Gasteiger partial charge on any atom is 0.0355 e. The fourth-order valence-corrected chi connectivity index (χ4v) is 2.25. The zero-order valence-electron chi connectivity index (χ0n) is 11.0. The average molecular weight is 239 g/mol. The van der Waals surface area contributed by atoms with E-state index in [0.717, 1.165) is 19.4 Å². The summed E-state index contributed by atoms with van der Waals surface area (Å²) in [5.74, 6) is 0. The van der Waals surface area contributed by atoms with Crippen molar-refractivity contribution in [2.75, 3.05) is 6.54 Å². The lowest BCUT2D eigenvalue weighted by Gasteiger charge is -2.18. The Morgan fingerprint density at radius 2 is 1.94 bits per heavy atom. The van der Waals surface area contributed by atoms with E-state index in [1.54, 1.807) is 0 Å². The molecule has 2 rings (SSSR count). The van der Waals surface area contributed by atoms with Crippen LogP contribution in [0.25, 0.3) is 10.8 Å². The first-order valence-electron chi connectivity index (χ1n) is 6.68. The second-order valence-corrected chi connectivity index (χ2v) is 4.64. The summed E-state index contributed by atoms with van der Waals surface area (Å²) in [6, 6.07) is 15.6. The summed E-state index contributed by atoms with van der Waals surface area (Å²) >= 11 is 0. The first-order valence-corrected chi connectivity index (χ1v) is 6.68. The SMILES string of the molecule is C=CCC(NCCC)c1ccc2ccccc2c1. The largest absolute Gasteiger partial charge is 0.310 e. The van der Waals surface area contributed by atoms with Crippen molar-refractivity contribution in [1.29, 1.82) is 0 Å². The molecule has 0 amide bonds. The van der Waals surface area contributed by atoms with Crippen molar-refractivity contribution >= 4 is 10.8 Å². The second-order valence-electron chi connectivity index (χ2n) is 4.64. The van der Waals surface area contributed by atoms with Crippen molar-refractivity contribution in [1.82, 2.24) is 5.32 Å². The van der Waals surface area contributed by atoms with Crippen molar-refractivity contribution in [3.8, 4) is 0 Å². The minimum atomic E-state index is 0.382. The normalized spacial score (nSPS) is 12.5. The molecular weight excluding hydrogens is 218 g/mol. The van der Waals surface area contributed by atoms with Crippen LogP contribution in [0, 0.1) is 0 Å². The standard InChI is InChI=1S/C17H21N/c1-3-7-17(18-12-4-2)16-11-10-14-8-5-6-9-15(14)13-16/h3,5-6,8-11,13,17-18H,1,4,7,12H2,2H3. The Bertz CT molecular complexity index is 516. The van der Waals surface area contributed by atoms with E-state index in [1.165, 1.54) is 16.3 Å². The van der Waals surface area contributed by atoms with Gasteiger partial charge in [-0.05, 0) is 41.8 Å². The van der Waals surface area contributed by atoms with E-state index in [0.29, 0.717) is 6.04 Å². The number of fused-ring (bicyclic) bond motifs is 1. The molecule has 0 bridgehead atoms. The molecule has 94 valence electrons. The van der Waals surface area contributed by atoms with Crippen LogP contribution in [0.4, 0.5) is 0 Å². The third-order valence-electron chi connectivity index (χ3n) is 3.22. The molecule has 1 N–H and O–H groups in total. The molecule has 0 aliphatic rings. The molecular formula is C17H21N. The molecule has 0 aliphatic carbocycles. The molecule has 2 aromatic rings. The lowest BCUT2D eigenvalue weighted by atomic mass is 9.99. The highest BCUT2D eigenvalue weighted by Crippen LogP contribution is 2.22. The van der Waals surface area contributed by atoms with Crippen molar-refractivity contribution in [2.45, 2.75) is 25.8 Å². The first kappa shape index (κ1) is 12.8. The van der Waals surface area contributed by atoms with Gasteiger partial charge < -0.3 is 5.32 Å². The van der Waals surface area contributed by atoms with Gasteiger partial charge >= 0.3 is 0 Å². The van der Waals surface area contributed by atoms with E-state index in [9.17, 15) is 0 Å².